The van der Waals surface area contributed by atoms with Crippen LogP contribution in [0.5, 0.6) is 0 Å². The lowest BCUT2D eigenvalue weighted by Gasteiger charge is -2.18. The Kier molecular flexibility index (Phi) is 8.58. The number of rotatable bonds is 10. The lowest BCUT2D eigenvalue weighted by molar-refractivity contribution is -0.127. The third-order valence-corrected chi connectivity index (χ3v) is 5.42. The molecule has 0 fully saturated rings. The van der Waals surface area contributed by atoms with Crippen molar-refractivity contribution in [2.24, 2.45) is 5.10 Å². The highest BCUT2D eigenvalue weighted by molar-refractivity contribution is 5.91. The molecule has 37 heavy (non-hydrogen) atoms. The summed E-state index contributed by atoms with van der Waals surface area (Å²) in [6.07, 6.45) is 4.24. The normalized spacial score (nSPS) is 11.7. The number of pyridine rings is 1. The molecule has 1 atom stereocenters. The third-order valence-electron chi connectivity index (χ3n) is 5.42. The van der Waals surface area contributed by atoms with Crippen LogP contribution in [0.1, 0.15) is 16.8 Å². The molecule has 2 heterocycles. The van der Waals surface area contributed by atoms with Gasteiger partial charge in [-0.3, -0.25) is 14.6 Å². The number of nitrogens with zero attached hydrogens (tertiary/aromatic N) is 2. The van der Waals surface area contributed by atoms with Gasteiger partial charge >= 0.3 is 6.09 Å². The third kappa shape index (κ3) is 7.49. The maximum atomic E-state index is 13.0. The smallest absolute Gasteiger partial charge is 0.408 e. The van der Waals surface area contributed by atoms with Crippen LogP contribution in [0.4, 0.5) is 4.79 Å². The van der Waals surface area contributed by atoms with Crippen molar-refractivity contribution in [1.82, 2.24) is 26.0 Å². The number of benzene rings is 2. The fourth-order valence-corrected chi connectivity index (χ4v) is 3.59. The van der Waals surface area contributed by atoms with Crippen LogP contribution < -0.4 is 16.1 Å². The van der Waals surface area contributed by atoms with E-state index in [1.165, 1.54) is 6.21 Å². The molecule has 4 rings (SSSR count). The van der Waals surface area contributed by atoms with Gasteiger partial charge in [0.25, 0.3) is 5.91 Å². The number of carbonyl (C=O) groups is 3. The van der Waals surface area contributed by atoms with Crippen LogP contribution in [0.2, 0.25) is 0 Å². The number of carbonyl (C=O) groups excluding carboxylic acids is 3. The fourth-order valence-electron chi connectivity index (χ4n) is 3.59. The van der Waals surface area contributed by atoms with Crippen LogP contribution in [0.3, 0.4) is 0 Å². The van der Waals surface area contributed by atoms with Crippen LogP contribution >= 0.6 is 0 Å². The second-order valence-corrected chi connectivity index (χ2v) is 8.09. The Balaban J connectivity index is 1.37. The summed E-state index contributed by atoms with van der Waals surface area (Å²) in [5.74, 6) is -1.07. The number of ether oxygens (including phenoxy) is 1. The summed E-state index contributed by atoms with van der Waals surface area (Å²) in [5.41, 5.74) is 5.47. The first kappa shape index (κ1) is 25.1. The van der Waals surface area contributed by atoms with E-state index in [4.69, 9.17) is 4.74 Å². The molecule has 0 saturated carbocycles. The van der Waals surface area contributed by atoms with E-state index in [9.17, 15) is 14.4 Å². The van der Waals surface area contributed by atoms with Gasteiger partial charge in [-0.05, 0) is 29.3 Å². The number of aromatic nitrogens is 2. The van der Waals surface area contributed by atoms with Crippen LogP contribution in [0.25, 0.3) is 10.9 Å². The van der Waals surface area contributed by atoms with Crippen molar-refractivity contribution in [3.63, 3.8) is 0 Å². The van der Waals surface area contributed by atoms with E-state index < -0.39 is 23.9 Å². The van der Waals surface area contributed by atoms with Gasteiger partial charge in [0, 0.05) is 29.7 Å². The lowest BCUT2D eigenvalue weighted by atomic mass is 10.0. The second-order valence-electron chi connectivity index (χ2n) is 8.09. The largest absolute Gasteiger partial charge is 0.445 e. The van der Waals surface area contributed by atoms with Gasteiger partial charge in [-0.25, -0.2) is 10.2 Å². The van der Waals surface area contributed by atoms with E-state index in [1.54, 1.807) is 30.6 Å². The average molecular weight is 499 g/mol. The molecule has 3 amide bonds. The Labute approximate surface area is 213 Å². The van der Waals surface area contributed by atoms with Crippen LogP contribution in [-0.2, 0) is 27.4 Å². The first-order valence-electron chi connectivity index (χ1n) is 11.6. The monoisotopic (exact) mass is 498 g/mol. The second kappa shape index (κ2) is 12.6. The number of alkyl carbamates (subject to hydrolysis) is 1. The minimum absolute atomic E-state index is 0.0603. The summed E-state index contributed by atoms with van der Waals surface area (Å²) in [6, 6.07) is 21.2. The van der Waals surface area contributed by atoms with Gasteiger partial charge in [-0.1, -0.05) is 54.6 Å². The van der Waals surface area contributed by atoms with Crippen molar-refractivity contribution in [3.05, 3.63) is 102 Å². The molecular weight excluding hydrogens is 472 g/mol. The van der Waals surface area contributed by atoms with Crippen molar-refractivity contribution < 1.29 is 19.1 Å². The molecule has 2 aromatic carbocycles. The number of para-hydroxylation sites is 1. The number of hydrogen-bond acceptors (Lipinski definition) is 6. The number of hydrazone groups is 1. The summed E-state index contributed by atoms with van der Waals surface area (Å²) < 4.78 is 5.29. The molecule has 10 heteroatoms. The molecule has 4 aromatic rings. The van der Waals surface area contributed by atoms with Gasteiger partial charge in [0.15, 0.2) is 0 Å². The predicted octanol–water partition coefficient (Wildman–Crippen LogP) is 2.67. The number of fused-ring (bicyclic) bond motifs is 1. The fraction of sp³-hybridized carbons (Fsp3) is 0.148. The zero-order valence-corrected chi connectivity index (χ0v) is 19.9. The molecule has 0 bridgehead atoms. The highest BCUT2D eigenvalue weighted by Crippen LogP contribution is 2.19. The maximum Gasteiger partial charge on any atom is 0.408 e. The van der Waals surface area contributed by atoms with Gasteiger partial charge in [0.1, 0.15) is 12.6 Å². The van der Waals surface area contributed by atoms with Crippen LogP contribution in [0, 0.1) is 0 Å². The first-order valence-corrected chi connectivity index (χ1v) is 11.6. The molecule has 0 saturated heterocycles. The quantitative estimate of drug-likeness (QED) is 0.197. The van der Waals surface area contributed by atoms with Gasteiger partial charge in [0.05, 0.1) is 18.5 Å². The molecule has 188 valence electrons. The summed E-state index contributed by atoms with van der Waals surface area (Å²) in [7, 11) is 0. The molecule has 0 spiro atoms. The predicted molar refractivity (Wildman–Crippen MR) is 139 cm³/mol. The van der Waals surface area contributed by atoms with Crippen LogP contribution in [0.15, 0.2) is 90.3 Å². The summed E-state index contributed by atoms with van der Waals surface area (Å²) in [6.45, 7) is -0.270. The molecule has 0 aliphatic rings. The molecule has 2 aromatic heterocycles. The number of H-pyrrole nitrogens is 1. The first-order chi connectivity index (χ1) is 18.1. The average Bonchev–Trinajstić information content (AvgIpc) is 3.34. The minimum atomic E-state index is -0.979. The Morgan fingerprint density at radius 1 is 1.00 bits per heavy atom. The Bertz CT molecular complexity index is 1370. The van der Waals surface area contributed by atoms with E-state index in [0.717, 1.165) is 22.0 Å². The lowest BCUT2D eigenvalue weighted by Crippen LogP contribution is -2.49. The highest BCUT2D eigenvalue weighted by atomic mass is 16.5. The summed E-state index contributed by atoms with van der Waals surface area (Å²) >= 11 is 0. The standard InChI is InChI=1S/C27H26N6O4/c34-25(33-31-16-21-10-6-7-13-28-21)17-30-26(35)24(14-20-15-29-23-12-5-4-11-22(20)23)32-27(36)37-18-19-8-2-1-3-9-19/h1-13,15-16,24,29H,14,17-18H2,(H,30,35)(H,32,36)(H,33,34). The van der Waals surface area contributed by atoms with Gasteiger partial charge in [0.2, 0.25) is 5.91 Å². The Hall–Kier alpha value is -4.99. The Morgan fingerprint density at radius 3 is 2.59 bits per heavy atom. The van der Waals surface area contributed by atoms with Gasteiger partial charge in [-0.2, -0.15) is 5.10 Å². The SMILES string of the molecule is O=C(CNC(=O)C(Cc1c[nH]c2ccccc12)NC(=O)OCc1ccccc1)NN=Cc1ccccn1. The van der Waals surface area contributed by atoms with Gasteiger partial charge < -0.3 is 20.4 Å². The van der Waals surface area contributed by atoms with Crippen molar-refractivity contribution in [2.45, 2.75) is 19.1 Å². The molecule has 0 aliphatic heterocycles. The molecule has 1 unspecified atom stereocenters. The van der Waals surface area contributed by atoms with Crippen molar-refractivity contribution >= 4 is 35.0 Å². The van der Waals surface area contributed by atoms with E-state index in [2.05, 4.69) is 31.1 Å². The van der Waals surface area contributed by atoms with Gasteiger partial charge in [-0.15, -0.1) is 0 Å². The van der Waals surface area contributed by atoms with Crippen molar-refractivity contribution in [1.29, 1.82) is 0 Å². The van der Waals surface area contributed by atoms with Crippen molar-refractivity contribution in [3.8, 4) is 0 Å². The minimum Gasteiger partial charge on any atom is -0.445 e. The van der Waals surface area contributed by atoms with Crippen LogP contribution in [-0.4, -0.2) is 46.7 Å². The summed E-state index contributed by atoms with van der Waals surface area (Å²) in [4.78, 5) is 44.9. The molecular formula is C27H26N6O4. The highest BCUT2D eigenvalue weighted by Gasteiger charge is 2.24. The number of nitrogens with one attached hydrogen (secondary N) is 4. The van der Waals surface area contributed by atoms with E-state index in [1.807, 2.05) is 54.6 Å². The summed E-state index contributed by atoms with van der Waals surface area (Å²) in [5, 5.41) is 9.93. The topological polar surface area (TPSA) is 138 Å². The Morgan fingerprint density at radius 2 is 1.78 bits per heavy atom. The molecule has 0 radical (unpaired) electrons. The number of hydrogen-bond donors (Lipinski definition) is 4. The number of amides is 3. The maximum absolute atomic E-state index is 13.0. The zero-order valence-electron chi connectivity index (χ0n) is 19.9. The molecule has 0 aliphatic carbocycles. The van der Waals surface area contributed by atoms with Crippen molar-refractivity contribution in [2.75, 3.05) is 6.54 Å². The zero-order chi connectivity index (χ0) is 25.9. The molecule has 10 nitrogen and oxygen atoms in total. The van der Waals surface area contributed by atoms with E-state index >= 15 is 0 Å². The number of aromatic amines is 1. The van der Waals surface area contributed by atoms with E-state index in [0.29, 0.717) is 5.69 Å². The molecule has 4 N–H and O–H groups in total. The van der Waals surface area contributed by atoms with E-state index in [-0.39, 0.29) is 19.6 Å².